The van der Waals surface area contributed by atoms with Crippen LogP contribution in [0.3, 0.4) is 0 Å². The summed E-state index contributed by atoms with van der Waals surface area (Å²) in [5, 5.41) is 17.7. The van der Waals surface area contributed by atoms with E-state index in [0.29, 0.717) is 17.8 Å². The molecule has 3 aromatic rings. The van der Waals surface area contributed by atoms with Crippen LogP contribution in [0.25, 0.3) is 22.3 Å². The van der Waals surface area contributed by atoms with Crippen LogP contribution >= 0.6 is 0 Å². The highest BCUT2D eigenvalue weighted by atomic mass is 16.4. The van der Waals surface area contributed by atoms with E-state index in [9.17, 15) is 9.90 Å². The molecule has 0 fully saturated rings. The van der Waals surface area contributed by atoms with E-state index in [1.807, 2.05) is 55.5 Å². The zero-order chi connectivity index (χ0) is 18.5. The zero-order valence-electron chi connectivity index (χ0n) is 14.8. The minimum atomic E-state index is -0.960. The Labute approximate surface area is 152 Å². The molecule has 26 heavy (non-hydrogen) atoms. The zero-order valence-corrected chi connectivity index (χ0v) is 14.8. The Hall–Kier alpha value is -3.27. The van der Waals surface area contributed by atoms with Crippen molar-refractivity contribution >= 4 is 11.7 Å². The molecule has 0 atom stereocenters. The Kier molecular flexibility index (Phi) is 5.23. The summed E-state index contributed by atoms with van der Waals surface area (Å²) >= 11 is 0. The predicted molar refractivity (Wildman–Crippen MR) is 104 cm³/mol. The van der Waals surface area contributed by atoms with Crippen LogP contribution in [-0.4, -0.2) is 17.6 Å². The van der Waals surface area contributed by atoms with Crippen LogP contribution in [0.2, 0.25) is 0 Å². The molecule has 0 saturated heterocycles. The summed E-state index contributed by atoms with van der Waals surface area (Å²) in [6.07, 6.45) is 0. The number of benzene rings is 3. The third kappa shape index (κ3) is 3.70. The summed E-state index contributed by atoms with van der Waals surface area (Å²) in [6, 6.07) is 21.8. The van der Waals surface area contributed by atoms with Crippen LogP contribution in [-0.2, 0) is 0 Å². The number of carboxylic acid groups (broad SMARTS) is 1. The average Bonchev–Trinajstić information content (AvgIpc) is 2.68. The quantitative estimate of drug-likeness (QED) is 0.566. The van der Waals surface area contributed by atoms with Crippen LogP contribution < -0.4 is 0 Å². The van der Waals surface area contributed by atoms with Crippen molar-refractivity contribution in [1.29, 1.82) is 0 Å². The number of azo groups is 1. The van der Waals surface area contributed by atoms with Gasteiger partial charge in [0, 0.05) is 0 Å². The fourth-order valence-electron chi connectivity index (χ4n) is 2.82. The molecule has 0 bridgehead atoms. The maximum Gasteiger partial charge on any atom is 0.336 e. The first-order valence-electron chi connectivity index (χ1n) is 8.51. The number of nitrogens with zero attached hydrogens (tertiary/aromatic N) is 2. The molecular weight excluding hydrogens is 324 g/mol. The summed E-state index contributed by atoms with van der Waals surface area (Å²) in [5.41, 5.74) is 5.49. The van der Waals surface area contributed by atoms with Gasteiger partial charge in [0.1, 0.15) is 0 Å². The third-order valence-electron chi connectivity index (χ3n) is 4.26. The van der Waals surface area contributed by atoms with Crippen molar-refractivity contribution in [2.24, 2.45) is 10.2 Å². The van der Waals surface area contributed by atoms with Gasteiger partial charge in [0.15, 0.2) is 0 Å². The van der Waals surface area contributed by atoms with Crippen molar-refractivity contribution in [3.05, 3.63) is 77.9 Å². The van der Waals surface area contributed by atoms with E-state index in [1.165, 1.54) is 0 Å². The first-order valence-corrected chi connectivity index (χ1v) is 8.51. The maximum absolute atomic E-state index is 11.6. The van der Waals surface area contributed by atoms with E-state index >= 15 is 0 Å². The SMILES string of the molecule is CC/N=N\c1cc(-c2ccc(-c3ccccc3)cc2)cc(C(=O)O)c1C. The van der Waals surface area contributed by atoms with E-state index in [-0.39, 0.29) is 5.56 Å². The minimum absolute atomic E-state index is 0.250. The Balaban J connectivity index is 2.04. The monoisotopic (exact) mass is 344 g/mol. The summed E-state index contributed by atoms with van der Waals surface area (Å²) in [6.45, 7) is 4.21. The lowest BCUT2D eigenvalue weighted by Crippen LogP contribution is -2.00. The van der Waals surface area contributed by atoms with Gasteiger partial charge in [0.05, 0.1) is 17.8 Å². The molecule has 0 aliphatic carbocycles. The van der Waals surface area contributed by atoms with Crippen molar-refractivity contribution in [2.45, 2.75) is 13.8 Å². The molecule has 0 saturated carbocycles. The van der Waals surface area contributed by atoms with Gasteiger partial charge in [-0.05, 0) is 53.8 Å². The van der Waals surface area contributed by atoms with Crippen molar-refractivity contribution in [3.63, 3.8) is 0 Å². The second-order valence-electron chi connectivity index (χ2n) is 5.97. The number of aromatic carboxylic acids is 1. The first kappa shape index (κ1) is 17.5. The van der Waals surface area contributed by atoms with Crippen molar-refractivity contribution in [1.82, 2.24) is 0 Å². The maximum atomic E-state index is 11.6. The van der Waals surface area contributed by atoms with Gasteiger partial charge in [0.2, 0.25) is 0 Å². The summed E-state index contributed by atoms with van der Waals surface area (Å²) < 4.78 is 0. The fraction of sp³-hybridized carbons (Fsp3) is 0.136. The predicted octanol–water partition coefficient (Wildman–Crippen LogP) is 6.13. The van der Waals surface area contributed by atoms with Crippen LogP contribution in [0.1, 0.15) is 22.8 Å². The molecule has 0 heterocycles. The van der Waals surface area contributed by atoms with Gasteiger partial charge in [-0.2, -0.15) is 10.2 Å². The molecule has 4 heteroatoms. The van der Waals surface area contributed by atoms with Gasteiger partial charge >= 0.3 is 5.97 Å². The van der Waals surface area contributed by atoms with Gasteiger partial charge in [-0.25, -0.2) is 4.79 Å². The molecule has 3 aromatic carbocycles. The van der Waals surface area contributed by atoms with Gasteiger partial charge in [-0.3, -0.25) is 0 Å². The molecule has 0 aliphatic heterocycles. The Morgan fingerprint density at radius 2 is 1.46 bits per heavy atom. The minimum Gasteiger partial charge on any atom is -0.478 e. The van der Waals surface area contributed by atoms with Crippen LogP contribution in [0.15, 0.2) is 77.0 Å². The second kappa shape index (κ2) is 7.74. The molecular formula is C22H20N2O2. The molecule has 0 unspecified atom stereocenters. The Bertz CT molecular complexity index is 946. The Morgan fingerprint density at radius 1 is 0.885 bits per heavy atom. The molecule has 0 aliphatic rings. The van der Waals surface area contributed by atoms with E-state index < -0.39 is 5.97 Å². The summed E-state index contributed by atoms with van der Waals surface area (Å²) in [7, 11) is 0. The van der Waals surface area contributed by atoms with Gasteiger partial charge in [-0.1, -0.05) is 54.6 Å². The van der Waals surface area contributed by atoms with E-state index in [0.717, 1.165) is 22.3 Å². The molecule has 130 valence electrons. The summed E-state index contributed by atoms with van der Waals surface area (Å²) in [5.74, 6) is -0.960. The lowest BCUT2D eigenvalue weighted by molar-refractivity contribution is 0.0696. The molecule has 0 aromatic heterocycles. The second-order valence-corrected chi connectivity index (χ2v) is 5.97. The van der Waals surface area contributed by atoms with Gasteiger partial charge in [-0.15, -0.1) is 0 Å². The highest BCUT2D eigenvalue weighted by Gasteiger charge is 2.14. The van der Waals surface area contributed by atoms with E-state index in [4.69, 9.17) is 0 Å². The number of carboxylic acids is 1. The molecule has 3 rings (SSSR count). The molecule has 0 radical (unpaired) electrons. The molecule has 0 spiro atoms. The number of rotatable bonds is 5. The molecule has 1 N–H and O–H groups in total. The van der Waals surface area contributed by atoms with Crippen LogP contribution in [0.4, 0.5) is 5.69 Å². The largest absolute Gasteiger partial charge is 0.478 e. The smallest absolute Gasteiger partial charge is 0.336 e. The molecule has 4 nitrogen and oxygen atoms in total. The number of hydrogen-bond acceptors (Lipinski definition) is 3. The van der Waals surface area contributed by atoms with E-state index in [2.05, 4.69) is 22.4 Å². The first-order chi connectivity index (χ1) is 12.6. The van der Waals surface area contributed by atoms with Crippen molar-refractivity contribution in [3.8, 4) is 22.3 Å². The third-order valence-corrected chi connectivity index (χ3v) is 4.26. The van der Waals surface area contributed by atoms with Gasteiger partial charge < -0.3 is 5.11 Å². The molecule has 0 amide bonds. The van der Waals surface area contributed by atoms with Crippen molar-refractivity contribution < 1.29 is 9.90 Å². The number of carbonyl (C=O) groups is 1. The van der Waals surface area contributed by atoms with Crippen LogP contribution in [0, 0.1) is 6.92 Å². The van der Waals surface area contributed by atoms with Crippen LogP contribution in [0.5, 0.6) is 0 Å². The average molecular weight is 344 g/mol. The number of hydrogen-bond donors (Lipinski definition) is 1. The summed E-state index contributed by atoms with van der Waals surface area (Å²) in [4.78, 5) is 11.6. The van der Waals surface area contributed by atoms with Crippen molar-refractivity contribution in [2.75, 3.05) is 6.54 Å². The highest BCUT2D eigenvalue weighted by molar-refractivity contribution is 5.93. The highest BCUT2D eigenvalue weighted by Crippen LogP contribution is 2.32. The standard InChI is InChI=1S/C22H20N2O2/c1-3-23-24-21-14-19(13-20(15(21)2)22(25)26)18-11-9-17(10-12-18)16-7-5-4-6-8-16/h4-14H,3H2,1-2H3,(H,25,26)/b24-23-. The normalized spacial score (nSPS) is 11.0. The van der Waals surface area contributed by atoms with Gasteiger partial charge in [0.25, 0.3) is 0 Å². The van der Waals surface area contributed by atoms with E-state index in [1.54, 1.807) is 13.0 Å². The lowest BCUT2D eigenvalue weighted by Gasteiger charge is -2.10. The lowest BCUT2D eigenvalue weighted by atomic mass is 9.96. The fourth-order valence-corrected chi connectivity index (χ4v) is 2.82. The Morgan fingerprint density at radius 3 is 2.04 bits per heavy atom. The topological polar surface area (TPSA) is 62.0 Å².